The van der Waals surface area contributed by atoms with E-state index in [0.29, 0.717) is 27.7 Å². The first-order valence-corrected chi connectivity index (χ1v) is 6.79. The number of amides is 1. The lowest BCUT2D eigenvalue weighted by atomic mass is 10.0. The van der Waals surface area contributed by atoms with Crippen LogP contribution in [0.5, 0.6) is 0 Å². The van der Waals surface area contributed by atoms with Gasteiger partial charge in [0.15, 0.2) is 5.78 Å². The molecule has 2 heterocycles. The fraction of sp³-hybridized carbons (Fsp3) is 0. The molecule has 5 nitrogen and oxygen atoms in total. The molecule has 0 saturated carbocycles. The third kappa shape index (κ3) is 3.01. The zero-order valence-corrected chi connectivity index (χ0v) is 11.9. The number of nitrogens with one attached hydrogen (secondary N) is 1. The molecule has 0 atom stereocenters. The molecular weight excluding hydrogens is 297 g/mol. The van der Waals surface area contributed by atoms with Gasteiger partial charge in [0.1, 0.15) is 11.5 Å². The summed E-state index contributed by atoms with van der Waals surface area (Å²) in [7, 11) is 0. The fourth-order valence-corrected chi connectivity index (χ4v) is 2.23. The number of aromatic nitrogens is 2. The summed E-state index contributed by atoms with van der Waals surface area (Å²) in [5, 5.41) is 0.690. The minimum absolute atomic E-state index is 0.259. The molecule has 3 aromatic rings. The van der Waals surface area contributed by atoms with E-state index in [9.17, 15) is 14.0 Å². The Kier molecular flexibility index (Phi) is 3.72. The molecule has 0 fully saturated rings. The highest BCUT2D eigenvalue weighted by atomic mass is 19.1. The van der Waals surface area contributed by atoms with Crippen LogP contribution in [0.4, 0.5) is 4.39 Å². The lowest BCUT2D eigenvalue weighted by molar-refractivity contribution is -0.113. The molecule has 0 radical (unpaired) electrons. The van der Waals surface area contributed by atoms with Crippen LogP contribution >= 0.6 is 0 Å². The number of benzene rings is 1. The number of halogens is 1. The van der Waals surface area contributed by atoms with E-state index in [2.05, 4.69) is 9.97 Å². The summed E-state index contributed by atoms with van der Waals surface area (Å²) in [6.07, 6.45) is 5.90. The Labute approximate surface area is 130 Å². The highest BCUT2D eigenvalue weighted by molar-refractivity contribution is 6.10. The standard InChI is InChI=1S/C17H12FN3O2/c18-13-4-1-10(2-5-13)16(23)12-7-14-11(3-6-15(19)22)8-20-17(14)21-9-12/h1-9H,(H2,19,22)(H,20,21). The topological polar surface area (TPSA) is 88.8 Å². The molecule has 0 spiro atoms. The molecule has 1 amide bonds. The molecule has 6 heteroatoms. The van der Waals surface area contributed by atoms with Gasteiger partial charge in [0.05, 0.1) is 0 Å². The van der Waals surface area contributed by atoms with E-state index in [-0.39, 0.29) is 5.78 Å². The van der Waals surface area contributed by atoms with Gasteiger partial charge in [-0.3, -0.25) is 9.59 Å². The monoisotopic (exact) mass is 309 g/mol. The Bertz CT molecular complexity index is 927. The zero-order valence-electron chi connectivity index (χ0n) is 11.9. The van der Waals surface area contributed by atoms with Crippen LogP contribution < -0.4 is 5.73 Å². The van der Waals surface area contributed by atoms with E-state index < -0.39 is 11.7 Å². The maximum atomic E-state index is 12.9. The highest BCUT2D eigenvalue weighted by Crippen LogP contribution is 2.20. The number of aromatic amines is 1. The lowest BCUT2D eigenvalue weighted by Gasteiger charge is -2.02. The fourth-order valence-electron chi connectivity index (χ4n) is 2.23. The number of nitrogens with zero attached hydrogens (tertiary/aromatic N) is 1. The van der Waals surface area contributed by atoms with Crippen LogP contribution in [0.2, 0.25) is 0 Å². The number of primary amides is 1. The molecule has 0 aliphatic rings. The van der Waals surface area contributed by atoms with Crippen molar-refractivity contribution in [2.24, 2.45) is 5.73 Å². The van der Waals surface area contributed by atoms with Crippen molar-refractivity contribution < 1.29 is 14.0 Å². The van der Waals surface area contributed by atoms with Gasteiger partial charge in [0.2, 0.25) is 5.91 Å². The van der Waals surface area contributed by atoms with E-state index in [1.165, 1.54) is 36.5 Å². The number of hydrogen-bond donors (Lipinski definition) is 2. The molecule has 114 valence electrons. The normalized spacial score (nSPS) is 11.2. The number of fused-ring (bicyclic) bond motifs is 1. The Morgan fingerprint density at radius 2 is 1.91 bits per heavy atom. The van der Waals surface area contributed by atoms with E-state index in [0.717, 1.165) is 0 Å². The van der Waals surface area contributed by atoms with Gasteiger partial charge in [-0.15, -0.1) is 0 Å². The molecule has 0 bridgehead atoms. The number of H-pyrrole nitrogens is 1. The van der Waals surface area contributed by atoms with Crippen LogP contribution in [0.15, 0.2) is 48.8 Å². The van der Waals surface area contributed by atoms with Crippen molar-refractivity contribution in [3.05, 3.63) is 71.3 Å². The summed E-state index contributed by atoms with van der Waals surface area (Å²) < 4.78 is 12.9. The second-order valence-corrected chi connectivity index (χ2v) is 4.94. The molecule has 0 unspecified atom stereocenters. The van der Waals surface area contributed by atoms with Crippen molar-refractivity contribution in [2.75, 3.05) is 0 Å². The number of rotatable bonds is 4. The first kappa shape index (κ1) is 14.6. The highest BCUT2D eigenvalue weighted by Gasteiger charge is 2.12. The molecule has 1 aromatic carbocycles. The van der Waals surface area contributed by atoms with Gasteiger partial charge in [0.25, 0.3) is 0 Å². The lowest BCUT2D eigenvalue weighted by Crippen LogP contribution is -2.05. The Morgan fingerprint density at radius 1 is 1.17 bits per heavy atom. The number of nitrogens with two attached hydrogens (primary N) is 1. The zero-order chi connectivity index (χ0) is 16.4. The van der Waals surface area contributed by atoms with Crippen molar-refractivity contribution >= 4 is 28.8 Å². The number of ketones is 1. The average Bonchev–Trinajstić information content (AvgIpc) is 2.95. The largest absolute Gasteiger partial charge is 0.366 e. The molecule has 3 N–H and O–H groups in total. The van der Waals surface area contributed by atoms with Gasteiger partial charge in [0, 0.05) is 40.5 Å². The average molecular weight is 309 g/mol. The number of pyridine rings is 1. The van der Waals surface area contributed by atoms with Gasteiger partial charge in [-0.1, -0.05) is 0 Å². The van der Waals surface area contributed by atoms with Gasteiger partial charge in [-0.2, -0.15) is 0 Å². The maximum absolute atomic E-state index is 12.9. The summed E-state index contributed by atoms with van der Waals surface area (Å²) in [5.74, 6) is -1.23. The van der Waals surface area contributed by atoms with Crippen molar-refractivity contribution in [1.29, 1.82) is 0 Å². The summed E-state index contributed by atoms with van der Waals surface area (Å²) in [6.45, 7) is 0. The van der Waals surface area contributed by atoms with E-state index >= 15 is 0 Å². The minimum Gasteiger partial charge on any atom is -0.366 e. The molecular formula is C17H12FN3O2. The molecule has 23 heavy (non-hydrogen) atoms. The summed E-state index contributed by atoms with van der Waals surface area (Å²) in [5.41, 5.74) is 7.11. The Morgan fingerprint density at radius 3 is 2.61 bits per heavy atom. The van der Waals surface area contributed by atoms with Crippen LogP contribution in [0.3, 0.4) is 0 Å². The van der Waals surface area contributed by atoms with Gasteiger partial charge >= 0.3 is 0 Å². The predicted molar refractivity (Wildman–Crippen MR) is 84.2 cm³/mol. The number of carbonyl (C=O) groups excluding carboxylic acids is 2. The van der Waals surface area contributed by atoms with E-state index in [1.807, 2.05) is 0 Å². The summed E-state index contributed by atoms with van der Waals surface area (Å²) in [6, 6.07) is 6.98. The quantitative estimate of drug-likeness (QED) is 0.573. The Hall–Kier alpha value is -3.28. The van der Waals surface area contributed by atoms with Gasteiger partial charge in [-0.05, 0) is 36.4 Å². The van der Waals surface area contributed by atoms with E-state index in [1.54, 1.807) is 18.3 Å². The van der Waals surface area contributed by atoms with E-state index in [4.69, 9.17) is 5.73 Å². The van der Waals surface area contributed by atoms with Crippen LogP contribution in [0, 0.1) is 5.82 Å². The van der Waals surface area contributed by atoms with Gasteiger partial charge < -0.3 is 10.7 Å². The predicted octanol–water partition coefficient (Wildman–Crippen LogP) is 2.43. The molecule has 0 saturated heterocycles. The van der Waals surface area contributed by atoms with Crippen LogP contribution in [0.25, 0.3) is 17.1 Å². The first-order valence-electron chi connectivity index (χ1n) is 6.79. The molecule has 0 aliphatic heterocycles. The minimum atomic E-state index is -0.564. The van der Waals surface area contributed by atoms with Crippen molar-refractivity contribution in [1.82, 2.24) is 9.97 Å². The second kappa shape index (κ2) is 5.84. The molecule has 0 aliphatic carbocycles. The second-order valence-electron chi connectivity index (χ2n) is 4.94. The maximum Gasteiger partial charge on any atom is 0.241 e. The van der Waals surface area contributed by atoms with Crippen molar-refractivity contribution in [3.63, 3.8) is 0 Å². The Balaban J connectivity index is 2.01. The third-order valence-electron chi connectivity index (χ3n) is 3.36. The van der Waals surface area contributed by atoms with Crippen LogP contribution in [0.1, 0.15) is 21.5 Å². The van der Waals surface area contributed by atoms with Crippen molar-refractivity contribution in [2.45, 2.75) is 0 Å². The molecule has 2 aromatic heterocycles. The smallest absolute Gasteiger partial charge is 0.241 e. The molecule has 3 rings (SSSR count). The summed E-state index contributed by atoms with van der Waals surface area (Å²) >= 11 is 0. The third-order valence-corrected chi connectivity index (χ3v) is 3.36. The van der Waals surface area contributed by atoms with Crippen molar-refractivity contribution in [3.8, 4) is 0 Å². The number of hydrogen-bond acceptors (Lipinski definition) is 3. The van der Waals surface area contributed by atoms with Gasteiger partial charge in [-0.25, -0.2) is 9.37 Å². The SMILES string of the molecule is NC(=O)C=Cc1c[nH]c2ncc(C(=O)c3ccc(F)cc3)cc12. The first-order chi connectivity index (χ1) is 11.0. The summed E-state index contributed by atoms with van der Waals surface area (Å²) in [4.78, 5) is 30.4. The number of carbonyl (C=O) groups is 2. The van der Waals surface area contributed by atoms with Crippen LogP contribution in [-0.2, 0) is 4.79 Å². The van der Waals surface area contributed by atoms with Crippen LogP contribution in [-0.4, -0.2) is 21.7 Å².